The van der Waals surface area contributed by atoms with E-state index in [-0.39, 0.29) is 37.1 Å². The SMILES string of the molecule is Cc1ccc(Br)cc1NC(=O)CCNC(=O)Cc1csc(N2CCCC2=O)n1. The van der Waals surface area contributed by atoms with Crippen LogP contribution in [0.5, 0.6) is 0 Å². The molecule has 0 saturated carbocycles. The van der Waals surface area contributed by atoms with E-state index >= 15 is 0 Å². The average Bonchev–Trinajstić information content (AvgIpc) is 3.26. The molecule has 1 fully saturated rings. The highest BCUT2D eigenvalue weighted by molar-refractivity contribution is 9.10. The van der Waals surface area contributed by atoms with Gasteiger partial charge in [-0.3, -0.25) is 19.3 Å². The van der Waals surface area contributed by atoms with E-state index in [1.807, 2.05) is 25.1 Å². The largest absolute Gasteiger partial charge is 0.355 e. The molecule has 1 aromatic heterocycles. The van der Waals surface area contributed by atoms with Crippen molar-refractivity contribution in [2.45, 2.75) is 32.6 Å². The number of aryl methyl sites for hydroxylation is 1. The maximum absolute atomic E-state index is 12.1. The minimum atomic E-state index is -0.198. The molecule has 9 heteroatoms. The van der Waals surface area contributed by atoms with Crippen molar-refractivity contribution in [3.63, 3.8) is 0 Å². The highest BCUT2D eigenvalue weighted by atomic mass is 79.9. The Hall–Kier alpha value is -2.26. The summed E-state index contributed by atoms with van der Waals surface area (Å²) in [5.41, 5.74) is 2.35. The van der Waals surface area contributed by atoms with E-state index in [1.165, 1.54) is 11.3 Å². The number of anilines is 2. The van der Waals surface area contributed by atoms with Gasteiger partial charge in [0.2, 0.25) is 17.7 Å². The summed E-state index contributed by atoms with van der Waals surface area (Å²) >= 11 is 4.75. The van der Waals surface area contributed by atoms with Crippen LogP contribution in [0.15, 0.2) is 28.1 Å². The van der Waals surface area contributed by atoms with Gasteiger partial charge in [0, 0.05) is 41.5 Å². The normalized spacial score (nSPS) is 13.6. The monoisotopic (exact) mass is 464 g/mol. The zero-order valence-corrected chi connectivity index (χ0v) is 17.9. The fraction of sp³-hybridized carbons (Fsp3) is 0.368. The molecule has 2 aromatic rings. The van der Waals surface area contributed by atoms with Gasteiger partial charge in [-0.2, -0.15) is 0 Å². The second-order valence-electron chi connectivity index (χ2n) is 6.55. The van der Waals surface area contributed by atoms with Gasteiger partial charge in [-0.25, -0.2) is 4.98 Å². The Labute approximate surface area is 175 Å². The van der Waals surface area contributed by atoms with Gasteiger partial charge in [0.25, 0.3) is 0 Å². The summed E-state index contributed by atoms with van der Waals surface area (Å²) in [6, 6.07) is 5.67. The standard InChI is InChI=1S/C19H21BrN4O3S/c1-12-4-5-13(20)9-15(12)23-16(25)6-7-21-17(26)10-14-11-28-19(22-14)24-8-2-3-18(24)27/h4-5,9,11H,2-3,6-8,10H2,1H3,(H,21,26)(H,23,25). The number of benzene rings is 1. The zero-order valence-electron chi connectivity index (χ0n) is 15.5. The Bertz CT molecular complexity index is 899. The maximum Gasteiger partial charge on any atom is 0.228 e. The van der Waals surface area contributed by atoms with Crippen LogP contribution in [-0.2, 0) is 20.8 Å². The third kappa shape index (κ3) is 5.39. The third-order valence-corrected chi connectivity index (χ3v) is 5.74. The number of hydrogen-bond acceptors (Lipinski definition) is 5. The van der Waals surface area contributed by atoms with Crippen molar-refractivity contribution in [3.05, 3.63) is 39.3 Å². The van der Waals surface area contributed by atoms with Crippen molar-refractivity contribution in [1.29, 1.82) is 0 Å². The van der Waals surface area contributed by atoms with Crippen LogP contribution in [-0.4, -0.2) is 35.8 Å². The molecule has 1 aliphatic heterocycles. The van der Waals surface area contributed by atoms with Crippen molar-refractivity contribution in [1.82, 2.24) is 10.3 Å². The van der Waals surface area contributed by atoms with Gasteiger partial charge in [-0.15, -0.1) is 11.3 Å². The topological polar surface area (TPSA) is 91.4 Å². The predicted molar refractivity (Wildman–Crippen MR) is 113 cm³/mol. The lowest BCUT2D eigenvalue weighted by atomic mass is 10.2. The van der Waals surface area contributed by atoms with E-state index in [9.17, 15) is 14.4 Å². The number of carbonyl (C=O) groups excluding carboxylic acids is 3. The summed E-state index contributed by atoms with van der Waals surface area (Å²) in [7, 11) is 0. The van der Waals surface area contributed by atoms with E-state index in [0.29, 0.717) is 23.8 Å². The molecule has 3 amide bonds. The Kier molecular flexibility index (Phi) is 6.79. The first-order valence-electron chi connectivity index (χ1n) is 9.00. The first-order chi connectivity index (χ1) is 13.4. The van der Waals surface area contributed by atoms with Crippen LogP contribution in [0.25, 0.3) is 0 Å². The first-order valence-corrected chi connectivity index (χ1v) is 10.7. The van der Waals surface area contributed by atoms with Gasteiger partial charge in [0.1, 0.15) is 0 Å². The fourth-order valence-corrected chi connectivity index (χ4v) is 4.06. The summed E-state index contributed by atoms with van der Waals surface area (Å²) in [5, 5.41) is 8.02. The Morgan fingerprint density at radius 2 is 2.14 bits per heavy atom. The zero-order chi connectivity index (χ0) is 20.1. The van der Waals surface area contributed by atoms with Crippen LogP contribution in [0.2, 0.25) is 0 Å². The average molecular weight is 465 g/mol. The van der Waals surface area contributed by atoms with Crippen molar-refractivity contribution in [3.8, 4) is 0 Å². The lowest BCUT2D eigenvalue weighted by Gasteiger charge is -2.10. The molecule has 28 heavy (non-hydrogen) atoms. The number of nitrogens with zero attached hydrogens (tertiary/aromatic N) is 2. The Morgan fingerprint density at radius 1 is 1.32 bits per heavy atom. The van der Waals surface area contributed by atoms with E-state index in [2.05, 4.69) is 31.5 Å². The van der Waals surface area contributed by atoms with Crippen LogP contribution in [0, 0.1) is 6.92 Å². The van der Waals surface area contributed by atoms with E-state index in [4.69, 9.17) is 0 Å². The number of aromatic nitrogens is 1. The number of rotatable bonds is 7. The van der Waals surface area contributed by atoms with Crippen LogP contribution < -0.4 is 15.5 Å². The minimum absolute atomic E-state index is 0.0806. The number of halogens is 1. The molecule has 3 rings (SSSR count). The molecule has 1 aliphatic rings. The van der Waals surface area contributed by atoms with Gasteiger partial charge in [-0.1, -0.05) is 22.0 Å². The molecule has 0 aliphatic carbocycles. The molecular weight excluding hydrogens is 444 g/mol. The number of thiazole rings is 1. The first kappa shape index (κ1) is 20.5. The fourth-order valence-electron chi connectivity index (χ4n) is 2.84. The minimum Gasteiger partial charge on any atom is -0.355 e. The lowest BCUT2D eigenvalue weighted by Crippen LogP contribution is -2.29. The van der Waals surface area contributed by atoms with E-state index in [0.717, 1.165) is 22.1 Å². The number of amides is 3. The Morgan fingerprint density at radius 3 is 2.89 bits per heavy atom. The number of carbonyl (C=O) groups is 3. The quantitative estimate of drug-likeness (QED) is 0.658. The molecule has 0 radical (unpaired) electrons. The molecule has 0 atom stereocenters. The Balaban J connectivity index is 1.42. The molecule has 148 valence electrons. The summed E-state index contributed by atoms with van der Waals surface area (Å²) in [6.45, 7) is 2.85. The molecule has 0 bridgehead atoms. The smallest absolute Gasteiger partial charge is 0.228 e. The van der Waals surface area contributed by atoms with Crippen LogP contribution in [0.3, 0.4) is 0 Å². The van der Waals surface area contributed by atoms with Gasteiger partial charge in [-0.05, 0) is 31.0 Å². The van der Waals surface area contributed by atoms with Gasteiger partial charge in [0.15, 0.2) is 5.13 Å². The summed E-state index contributed by atoms with van der Waals surface area (Å²) in [4.78, 5) is 42.0. The highest BCUT2D eigenvalue weighted by Gasteiger charge is 2.24. The molecule has 2 heterocycles. The highest BCUT2D eigenvalue weighted by Crippen LogP contribution is 2.25. The predicted octanol–water partition coefficient (Wildman–Crippen LogP) is 3.03. The van der Waals surface area contributed by atoms with Gasteiger partial charge < -0.3 is 10.6 Å². The van der Waals surface area contributed by atoms with Crippen molar-refractivity contribution in [2.24, 2.45) is 0 Å². The van der Waals surface area contributed by atoms with E-state index < -0.39 is 0 Å². The van der Waals surface area contributed by atoms with E-state index in [1.54, 1.807) is 10.3 Å². The van der Waals surface area contributed by atoms with Crippen molar-refractivity contribution >= 4 is 55.8 Å². The molecule has 7 nitrogen and oxygen atoms in total. The molecule has 1 saturated heterocycles. The van der Waals surface area contributed by atoms with Gasteiger partial charge >= 0.3 is 0 Å². The summed E-state index contributed by atoms with van der Waals surface area (Å²) in [5.74, 6) is -0.280. The summed E-state index contributed by atoms with van der Waals surface area (Å²) < 4.78 is 0.889. The maximum atomic E-state index is 12.1. The second kappa shape index (κ2) is 9.29. The number of hydrogen-bond donors (Lipinski definition) is 2. The number of nitrogens with one attached hydrogen (secondary N) is 2. The molecule has 0 unspecified atom stereocenters. The molecule has 0 spiro atoms. The van der Waals surface area contributed by atoms with Crippen LogP contribution in [0.4, 0.5) is 10.8 Å². The van der Waals surface area contributed by atoms with Crippen LogP contribution in [0.1, 0.15) is 30.5 Å². The lowest BCUT2D eigenvalue weighted by molar-refractivity contribution is -0.121. The second-order valence-corrected chi connectivity index (χ2v) is 8.31. The van der Waals surface area contributed by atoms with Crippen molar-refractivity contribution < 1.29 is 14.4 Å². The molecular formula is C19H21BrN4O3S. The molecule has 1 aromatic carbocycles. The van der Waals surface area contributed by atoms with Gasteiger partial charge in [0.05, 0.1) is 12.1 Å². The molecule has 2 N–H and O–H groups in total. The van der Waals surface area contributed by atoms with Crippen molar-refractivity contribution in [2.75, 3.05) is 23.3 Å². The third-order valence-electron chi connectivity index (χ3n) is 4.33. The van der Waals surface area contributed by atoms with Crippen LogP contribution >= 0.6 is 27.3 Å². The summed E-state index contributed by atoms with van der Waals surface area (Å²) in [6.07, 6.45) is 1.71.